The van der Waals surface area contributed by atoms with E-state index in [1.54, 1.807) is 0 Å². The number of hydrogen-bond donors (Lipinski definition) is 0. The maximum atomic E-state index is 11.6. The highest BCUT2D eigenvalue weighted by Gasteiger charge is 2.23. The molecule has 1 heterocycles. The first-order valence-electron chi connectivity index (χ1n) is 8.05. The van der Waals surface area contributed by atoms with Crippen LogP contribution in [0.2, 0.25) is 0 Å². The average Bonchev–Trinajstić information content (AvgIpc) is 2.51. The Bertz CT molecular complexity index is 785. The van der Waals surface area contributed by atoms with Gasteiger partial charge >= 0.3 is 0 Å². The Morgan fingerprint density at radius 2 is 1.78 bits per heavy atom. The van der Waals surface area contributed by atoms with E-state index in [1.807, 2.05) is 32.0 Å². The quantitative estimate of drug-likeness (QED) is 0.863. The molecule has 0 bridgehead atoms. The summed E-state index contributed by atoms with van der Waals surface area (Å²) in [7, 11) is -2.85. The Kier molecular flexibility index (Phi) is 4.60. The van der Waals surface area contributed by atoms with Gasteiger partial charge in [-0.3, -0.25) is 4.90 Å². The molecule has 0 unspecified atom stereocenters. The SMILES string of the molecule is CC(C)Oc1ccc2ccccc2c1CN1CCS(=O)(=O)CC1. The Hall–Kier alpha value is -1.59. The number of fused-ring (bicyclic) bond motifs is 1. The Morgan fingerprint density at radius 1 is 1.09 bits per heavy atom. The molecule has 1 fully saturated rings. The van der Waals surface area contributed by atoms with Crippen LogP contribution in [0.3, 0.4) is 0 Å². The molecule has 124 valence electrons. The summed E-state index contributed by atoms with van der Waals surface area (Å²) in [6.45, 7) is 5.94. The fraction of sp³-hybridized carbons (Fsp3) is 0.444. The first kappa shape index (κ1) is 16.3. The number of nitrogens with zero attached hydrogens (tertiary/aromatic N) is 1. The molecule has 0 atom stereocenters. The maximum absolute atomic E-state index is 11.6. The van der Waals surface area contributed by atoms with Gasteiger partial charge in [0.1, 0.15) is 5.75 Å². The molecule has 0 saturated carbocycles. The van der Waals surface area contributed by atoms with Crippen LogP contribution >= 0.6 is 0 Å². The summed E-state index contributed by atoms with van der Waals surface area (Å²) in [4.78, 5) is 2.20. The molecule has 5 heteroatoms. The van der Waals surface area contributed by atoms with Crippen LogP contribution in [0.4, 0.5) is 0 Å². The zero-order valence-corrected chi connectivity index (χ0v) is 14.5. The lowest BCUT2D eigenvalue weighted by molar-refractivity contribution is 0.231. The van der Waals surface area contributed by atoms with Gasteiger partial charge in [0.05, 0.1) is 17.6 Å². The minimum Gasteiger partial charge on any atom is -0.491 e. The third-order valence-corrected chi connectivity index (χ3v) is 5.79. The van der Waals surface area contributed by atoms with Crippen LogP contribution in [0.15, 0.2) is 36.4 Å². The van der Waals surface area contributed by atoms with Crippen LogP contribution in [-0.4, -0.2) is 44.0 Å². The molecule has 0 radical (unpaired) electrons. The van der Waals surface area contributed by atoms with Gasteiger partial charge in [-0.1, -0.05) is 30.3 Å². The van der Waals surface area contributed by atoms with E-state index in [-0.39, 0.29) is 17.6 Å². The molecular weight excluding hydrogens is 310 g/mol. The molecular formula is C18H23NO3S. The van der Waals surface area contributed by atoms with Gasteiger partial charge in [-0.25, -0.2) is 8.42 Å². The molecule has 0 amide bonds. The van der Waals surface area contributed by atoms with E-state index in [4.69, 9.17) is 4.74 Å². The van der Waals surface area contributed by atoms with E-state index in [9.17, 15) is 8.42 Å². The minimum absolute atomic E-state index is 0.108. The van der Waals surface area contributed by atoms with Crippen LogP contribution in [0.1, 0.15) is 19.4 Å². The monoisotopic (exact) mass is 333 g/mol. The van der Waals surface area contributed by atoms with Gasteiger partial charge in [-0.15, -0.1) is 0 Å². The van der Waals surface area contributed by atoms with Crippen molar-refractivity contribution < 1.29 is 13.2 Å². The molecule has 23 heavy (non-hydrogen) atoms. The Balaban J connectivity index is 1.93. The van der Waals surface area contributed by atoms with E-state index in [1.165, 1.54) is 10.8 Å². The summed E-state index contributed by atoms with van der Waals surface area (Å²) in [6, 6.07) is 12.4. The van der Waals surface area contributed by atoms with Gasteiger partial charge in [-0.2, -0.15) is 0 Å². The van der Waals surface area contributed by atoms with Crippen molar-refractivity contribution in [3.8, 4) is 5.75 Å². The van der Waals surface area contributed by atoms with Crippen molar-refractivity contribution in [1.82, 2.24) is 4.90 Å². The molecule has 4 nitrogen and oxygen atoms in total. The second-order valence-electron chi connectivity index (χ2n) is 6.36. The van der Waals surface area contributed by atoms with Gasteiger partial charge in [0.15, 0.2) is 9.84 Å². The molecule has 2 aromatic rings. The molecule has 0 aromatic heterocycles. The van der Waals surface area contributed by atoms with E-state index in [2.05, 4.69) is 23.1 Å². The van der Waals surface area contributed by atoms with Crippen molar-refractivity contribution >= 4 is 20.6 Å². The predicted octanol–water partition coefficient (Wildman–Crippen LogP) is 2.86. The highest BCUT2D eigenvalue weighted by Crippen LogP contribution is 2.30. The number of rotatable bonds is 4. The lowest BCUT2D eigenvalue weighted by Crippen LogP contribution is -2.39. The summed E-state index contributed by atoms with van der Waals surface area (Å²) in [5.74, 6) is 1.39. The van der Waals surface area contributed by atoms with E-state index >= 15 is 0 Å². The van der Waals surface area contributed by atoms with Gasteiger partial charge in [0.25, 0.3) is 0 Å². The number of benzene rings is 2. The molecule has 0 aliphatic carbocycles. The van der Waals surface area contributed by atoms with Crippen LogP contribution < -0.4 is 4.74 Å². The first-order valence-corrected chi connectivity index (χ1v) is 9.87. The molecule has 0 spiro atoms. The normalized spacial score (nSPS) is 18.4. The second kappa shape index (κ2) is 6.49. The zero-order valence-electron chi connectivity index (χ0n) is 13.7. The van der Waals surface area contributed by atoms with Gasteiger partial charge in [-0.05, 0) is 30.7 Å². The first-order chi connectivity index (χ1) is 10.9. The average molecular weight is 333 g/mol. The summed E-state index contributed by atoms with van der Waals surface area (Å²) in [6.07, 6.45) is 0.108. The van der Waals surface area contributed by atoms with Gasteiger partial charge < -0.3 is 4.74 Å². The highest BCUT2D eigenvalue weighted by atomic mass is 32.2. The third kappa shape index (κ3) is 3.85. The van der Waals surface area contributed by atoms with E-state index < -0.39 is 9.84 Å². The summed E-state index contributed by atoms with van der Waals surface area (Å²) in [5.41, 5.74) is 1.15. The van der Waals surface area contributed by atoms with Crippen molar-refractivity contribution in [2.45, 2.75) is 26.5 Å². The Morgan fingerprint density at radius 3 is 2.48 bits per heavy atom. The molecule has 1 saturated heterocycles. The number of ether oxygens (including phenoxy) is 1. The van der Waals surface area contributed by atoms with E-state index in [0.717, 1.165) is 17.9 Å². The lowest BCUT2D eigenvalue weighted by Gasteiger charge is -2.28. The highest BCUT2D eigenvalue weighted by molar-refractivity contribution is 7.91. The lowest BCUT2D eigenvalue weighted by atomic mass is 10.0. The van der Waals surface area contributed by atoms with Crippen molar-refractivity contribution in [3.05, 3.63) is 42.0 Å². The third-order valence-electron chi connectivity index (χ3n) is 4.18. The van der Waals surface area contributed by atoms with Crippen molar-refractivity contribution in [2.75, 3.05) is 24.6 Å². The topological polar surface area (TPSA) is 46.6 Å². The minimum atomic E-state index is -2.85. The van der Waals surface area contributed by atoms with Crippen LogP contribution in [0, 0.1) is 0 Å². The molecule has 2 aromatic carbocycles. The number of sulfone groups is 1. The van der Waals surface area contributed by atoms with E-state index in [0.29, 0.717) is 13.1 Å². The van der Waals surface area contributed by atoms with Crippen LogP contribution in [0.5, 0.6) is 5.75 Å². The zero-order chi connectivity index (χ0) is 16.4. The smallest absolute Gasteiger partial charge is 0.152 e. The maximum Gasteiger partial charge on any atom is 0.152 e. The fourth-order valence-corrected chi connectivity index (χ4v) is 4.25. The van der Waals surface area contributed by atoms with Gasteiger partial charge in [0, 0.05) is 25.2 Å². The summed E-state index contributed by atoms with van der Waals surface area (Å²) >= 11 is 0. The standard InChI is InChI=1S/C18H23NO3S/c1-14(2)22-18-8-7-15-5-3-4-6-16(15)17(18)13-19-9-11-23(20,21)12-10-19/h3-8,14H,9-13H2,1-2H3. The molecule has 1 aliphatic heterocycles. The number of hydrogen-bond acceptors (Lipinski definition) is 4. The van der Waals surface area contributed by atoms with Crippen molar-refractivity contribution in [3.63, 3.8) is 0 Å². The predicted molar refractivity (Wildman–Crippen MR) is 93.6 cm³/mol. The van der Waals surface area contributed by atoms with Crippen LogP contribution in [0.25, 0.3) is 10.8 Å². The second-order valence-corrected chi connectivity index (χ2v) is 8.66. The van der Waals surface area contributed by atoms with Crippen LogP contribution in [-0.2, 0) is 16.4 Å². The van der Waals surface area contributed by atoms with Crippen molar-refractivity contribution in [1.29, 1.82) is 0 Å². The van der Waals surface area contributed by atoms with Gasteiger partial charge in [0.2, 0.25) is 0 Å². The molecule has 1 aliphatic rings. The largest absolute Gasteiger partial charge is 0.491 e. The Labute approximate surface area is 138 Å². The molecule has 0 N–H and O–H groups in total. The summed E-state index contributed by atoms with van der Waals surface area (Å²) < 4.78 is 29.2. The molecule has 3 rings (SSSR count). The van der Waals surface area contributed by atoms with Crippen molar-refractivity contribution in [2.24, 2.45) is 0 Å². The fourth-order valence-electron chi connectivity index (χ4n) is 2.98. The summed E-state index contributed by atoms with van der Waals surface area (Å²) in [5, 5.41) is 2.36.